The van der Waals surface area contributed by atoms with E-state index < -0.39 is 97.5 Å². The van der Waals surface area contributed by atoms with Gasteiger partial charge in [0.25, 0.3) is 0 Å². The molecule has 17 nitrogen and oxygen atoms in total. The van der Waals surface area contributed by atoms with E-state index in [2.05, 4.69) is 83.2 Å². The third-order valence-electron chi connectivity index (χ3n) is 14.9. The molecule has 0 aliphatic rings. The van der Waals surface area contributed by atoms with Crippen molar-refractivity contribution in [3.63, 3.8) is 0 Å². The van der Waals surface area contributed by atoms with Crippen LogP contribution >= 0.6 is 15.6 Å². The minimum absolute atomic E-state index is 0.0779. The molecule has 19 heteroatoms. The Morgan fingerprint density at radius 1 is 0.368 bits per heavy atom. The van der Waals surface area contributed by atoms with Crippen molar-refractivity contribution in [3.05, 3.63) is 48.6 Å². The number of carbonyl (C=O) groups is 4. The number of ether oxygens (including phenoxy) is 4. The zero-order valence-electron chi connectivity index (χ0n) is 55.1. The van der Waals surface area contributed by atoms with Crippen LogP contribution in [0.2, 0.25) is 0 Å². The lowest BCUT2D eigenvalue weighted by Crippen LogP contribution is -2.30. The Bertz CT molecular complexity index is 1870. The first-order valence-electron chi connectivity index (χ1n) is 34.3. The van der Waals surface area contributed by atoms with Crippen LogP contribution in [-0.4, -0.2) is 96.7 Å². The van der Waals surface area contributed by atoms with Crippen LogP contribution in [0, 0.1) is 5.92 Å². The second-order valence-electron chi connectivity index (χ2n) is 23.4. The predicted octanol–water partition coefficient (Wildman–Crippen LogP) is 18.5. The number of aliphatic hydroxyl groups excluding tert-OH is 1. The number of phosphoric ester groups is 2. The summed E-state index contributed by atoms with van der Waals surface area (Å²) in [6.45, 7) is 6.99. The van der Waals surface area contributed by atoms with Crippen molar-refractivity contribution in [1.29, 1.82) is 0 Å². The van der Waals surface area contributed by atoms with E-state index in [0.717, 1.165) is 141 Å². The van der Waals surface area contributed by atoms with Gasteiger partial charge < -0.3 is 33.8 Å². The lowest BCUT2D eigenvalue weighted by Gasteiger charge is -2.21. The van der Waals surface area contributed by atoms with Crippen molar-refractivity contribution >= 4 is 39.5 Å². The fourth-order valence-electron chi connectivity index (χ4n) is 9.18. The van der Waals surface area contributed by atoms with Crippen LogP contribution in [0.25, 0.3) is 0 Å². The minimum Gasteiger partial charge on any atom is -0.462 e. The number of aliphatic hydroxyl groups is 1. The van der Waals surface area contributed by atoms with E-state index in [1.165, 1.54) is 77.0 Å². The molecule has 6 atom stereocenters. The molecular weight excluding hydrogens is 1150 g/mol. The number of allylic oxidation sites excluding steroid dienone is 8. The van der Waals surface area contributed by atoms with E-state index in [0.29, 0.717) is 25.7 Å². The molecule has 0 aromatic carbocycles. The van der Waals surface area contributed by atoms with E-state index in [1.807, 2.05) is 0 Å². The summed E-state index contributed by atoms with van der Waals surface area (Å²) in [7, 11) is -9.91. The molecule has 3 unspecified atom stereocenters. The number of hydrogen-bond acceptors (Lipinski definition) is 15. The number of rotatable bonds is 64. The summed E-state index contributed by atoms with van der Waals surface area (Å²) in [5.41, 5.74) is 0. The SMILES string of the molecule is CCCCCC/C=C\C=C/CCCCCCCC(=O)OC[C@H](COP(=O)(O)OC[C@@H](O)COP(=O)(O)OC[C@@H](COC(=O)CCCCCCCCC)OC(=O)CCCCCCCCC(C)CC)OC(=O)CCCCCCC/C=C\C=C/CCCCCC. The van der Waals surface area contributed by atoms with Gasteiger partial charge in [-0.25, -0.2) is 9.13 Å². The van der Waals surface area contributed by atoms with Crippen molar-refractivity contribution in [2.45, 2.75) is 316 Å². The Labute approximate surface area is 527 Å². The summed E-state index contributed by atoms with van der Waals surface area (Å²) in [5.74, 6) is -1.48. The van der Waals surface area contributed by atoms with Crippen LogP contribution < -0.4 is 0 Å². The van der Waals surface area contributed by atoms with Gasteiger partial charge in [-0.1, -0.05) is 244 Å². The molecule has 0 spiro atoms. The molecule has 0 fully saturated rings. The highest BCUT2D eigenvalue weighted by molar-refractivity contribution is 7.47. The molecule has 0 aromatic rings. The fourth-order valence-corrected chi connectivity index (χ4v) is 10.8. The maximum atomic E-state index is 13.0. The van der Waals surface area contributed by atoms with Gasteiger partial charge in [-0.05, 0) is 83.0 Å². The van der Waals surface area contributed by atoms with Gasteiger partial charge in [0.05, 0.1) is 26.4 Å². The maximum Gasteiger partial charge on any atom is 0.472 e. The lowest BCUT2D eigenvalue weighted by molar-refractivity contribution is -0.161. The molecule has 0 saturated heterocycles. The number of unbranched alkanes of at least 4 members (excludes halogenated alkanes) is 29. The first-order valence-corrected chi connectivity index (χ1v) is 37.3. The third kappa shape index (κ3) is 60.4. The Morgan fingerprint density at radius 3 is 0.977 bits per heavy atom. The summed E-state index contributed by atoms with van der Waals surface area (Å²) in [5, 5.41) is 10.5. The second-order valence-corrected chi connectivity index (χ2v) is 26.3. The number of carbonyl (C=O) groups excluding carboxylic acids is 4. The van der Waals surface area contributed by atoms with Gasteiger partial charge in [-0.15, -0.1) is 0 Å². The van der Waals surface area contributed by atoms with Crippen LogP contribution in [0.1, 0.15) is 298 Å². The van der Waals surface area contributed by atoms with E-state index in [9.17, 15) is 43.2 Å². The average molecular weight is 1280 g/mol. The van der Waals surface area contributed by atoms with Gasteiger partial charge in [-0.3, -0.25) is 37.3 Å². The molecule has 508 valence electrons. The average Bonchev–Trinajstić information content (AvgIpc) is 3.49. The Kier molecular flexibility index (Phi) is 58.5. The van der Waals surface area contributed by atoms with Crippen LogP contribution in [0.4, 0.5) is 0 Å². The Morgan fingerprint density at radius 2 is 0.644 bits per heavy atom. The first kappa shape index (κ1) is 84.0. The first-order chi connectivity index (χ1) is 42.1. The highest BCUT2D eigenvalue weighted by atomic mass is 31.2. The molecule has 0 radical (unpaired) electrons. The van der Waals surface area contributed by atoms with Crippen molar-refractivity contribution in [2.75, 3.05) is 39.6 Å². The lowest BCUT2D eigenvalue weighted by atomic mass is 10.00. The number of phosphoric acid groups is 2. The number of esters is 4. The molecule has 3 N–H and O–H groups in total. The van der Waals surface area contributed by atoms with Crippen LogP contribution in [0.3, 0.4) is 0 Å². The van der Waals surface area contributed by atoms with Crippen LogP contribution in [0.15, 0.2) is 48.6 Å². The van der Waals surface area contributed by atoms with Gasteiger partial charge >= 0.3 is 39.5 Å². The van der Waals surface area contributed by atoms with Crippen molar-refractivity contribution in [1.82, 2.24) is 0 Å². The summed E-state index contributed by atoms with van der Waals surface area (Å²) < 4.78 is 68.0. The largest absolute Gasteiger partial charge is 0.472 e. The van der Waals surface area contributed by atoms with Crippen LogP contribution in [0.5, 0.6) is 0 Å². The highest BCUT2D eigenvalue weighted by Crippen LogP contribution is 2.45. The minimum atomic E-state index is -4.96. The number of hydrogen-bond donors (Lipinski definition) is 3. The summed E-state index contributed by atoms with van der Waals surface area (Å²) >= 11 is 0. The van der Waals surface area contributed by atoms with Gasteiger partial charge in [0.1, 0.15) is 19.3 Å². The van der Waals surface area contributed by atoms with E-state index in [1.54, 1.807) is 0 Å². The molecule has 0 aliphatic carbocycles. The van der Waals surface area contributed by atoms with Crippen molar-refractivity contribution in [3.8, 4) is 0 Å². The molecule has 0 aliphatic heterocycles. The van der Waals surface area contributed by atoms with Gasteiger partial charge in [0, 0.05) is 25.7 Å². The molecule has 0 heterocycles. The highest BCUT2D eigenvalue weighted by Gasteiger charge is 2.30. The topological polar surface area (TPSA) is 237 Å². The molecule has 0 saturated carbocycles. The summed E-state index contributed by atoms with van der Waals surface area (Å²) in [6.07, 6.45) is 51.8. The molecule has 0 aromatic heterocycles. The smallest absolute Gasteiger partial charge is 0.462 e. The molecule has 0 bridgehead atoms. The molecule has 87 heavy (non-hydrogen) atoms. The van der Waals surface area contributed by atoms with Crippen molar-refractivity contribution < 1.29 is 80.2 Å². The fraction of sp³-hybridized carbons (Fsp3) is 0.824. The van der Waals surface area contributed by atoms with Crippen LogP contribution in [-0.2, 0) is 65.4 Å². The van der Waals surface area contributed by atoms with E-state index in [-0.39, 0.29) is 25.7 Å². The Balaban J connectivity index is 5.29. The quantitative estimate of drug-likeness (QED) is 0.0169. The zero-order chi connectivity index (χ0) is 64.2. The van der Waals surface area contributed by atoms with Gasteiger partial charge in [0.15, 0.2) is 12.2 Å². The summed E-state index contributed by atoms with van der Waals surface area (Å²) in [6, 6.07) is 0. The monoisotopic (exact) mass is 1270 g/mol. The van der Waals surface area contributed by atoms with Crippen molar-refractivity contribution in [2.24, 2.45) is 5.92 Å². The molecule has 0 amide bonds. The zero-order valence-corrected chi connectivity index (χ0v) is 56.9. The third-order valence-corrected chi connectivity index (χ3v) is 16.8. The maximum absolute atomic E-state index is 13.0. The summed E-state index contributed by atoms with van der Waals surface area (Å²) in [4.78, 5) is 72.2. The van der Waals surface area contributed by atoms with E-state index in [4.69, 9.17) is 37.0 Å². The predicted molar refractivity (Wildman–Crippen MR) is 349 cm³/mol. The molecule has 0 rings (SSSR count). The standard InChI is InChI=1S/C68H124O17P2/c1-6-10-13-16-19-21-23-25-27-29-31-33-36-42-47-52-66(71)79-58-63(84-67(72)53-48-43-37-34-32-30-28-26-24-22-20-17-14-11-7-2)59-82-86(74,75)80-55-62(69)56-81-87(76,77)83-60-64(57-78-65(70)51-46-41-35-18-15-12-8-3)85-68(73)54-49-44-39-38-40-45-50-61(5)9-4/h21-28,61-64,69H,6-20,29-60H2,1-5H3,(H,74,75)(H,76,77)/b23-21-,24-22-,27-25-,28-26-/t61?,62-,63-,64-/m1/s1. The van der Waals surface area contributed by atoms with E-state index >= 15 is 0 Å². The second kappa shape index (κ2) is 60.6. The van der Waals surface area contributed by atoms with Gasteiger partial charge in [0.2, 0.25) is 0 Å². The van der Waals surface area contributed by atoms with Gasteiger partial charge in [-0.2, -0.15) is 0 Å². The molecular formula is C68H124O17P2. The Hall–Kier alpha value is -2.98. The normalized spacial score (nSPS) is 14.8.